The van der Waals surface area contributed by atoms with Crippen LogP contribution in [0.4, 0.5) is 0 Å². The van der Waals surface area contributed by atoms with Crippen LogP contribution in [0.25, 0.3) is 0 Å². The normalized spacial score (nSPS) is 10.1. The van der Waals surface area contributed by atoms with Crippen LogP contribution in [0.5, 0.6) is 23.0 Å². The number of hydrogen-bond acceptors (Lipinski definition) is 6. The van der Waals surface area contributed by atoms with Gasteiger partial charge in [-0.1, -0.05) is 0 Å². The van der Waals surface area contributed by atoms with Crippen molar-refractivity contribution in [1.82, 2.24) is 0 Å². The highest BCUT2D eigenvalue weighted by molar-refractivity contribution is 5.94. The lowest BCUT2D eigenvalue weighted by Crippen LogP contribution is -2.11. The highest BCUT2D eigenvalue weighted by Crippen LogP contribution is 2.19. The van der Waals surface area contributed by atoms with Crippen LogP contribution in [0, 0.1) is 0 Å². The number of phenols is 1. The number of rotatable bonds is 5. The maximum Gasteiger partial charge on any atom is 0.343 e. The molecule has 3 aromatic rings. The molecular weight excluding hydrogens is 348 g/mol. The number of aromatic hydroxyl groups is 1. The fourth-order valence-electron chi connectivity index (χ4n) is 2.23. The van der Waals surface area contributed by atoms with Crippen LogP contribution in [0.2, 0.25) is 0 Å². The molecule has 0 fully saturated rings. The number of benzene rings is 3. The first-order valence-corrected chi connectivity index (χ1v) is 8.02. The molecule has 136 valence electrons. The summed E-state index contributed by atoms with van der Waals surface area (Å²) in [6.45, 7) is 0. The highest BCUT2D eigenvalue weighted by atomic mass is 16.5. The van der Waals surface area contributed by atoms with Crippen molar-refractivity contribution in [3.8, 4) is 23.0 Å². The molecule has 0 radical (unpaired) electrons. The Bertz CT molecular complexity index is 928. The largest absolute Gasteiger partial charge is 0.508 e. The van der Waals surface area contributed by atoms with Gasteiger partial charge >= 0.3 is 11.9 Å². The molecule has 0 aromatic heterocycles. The molecule has 0 amide bonds. The van der Waals surface area contributed by atoms with Gasteiger partial charge in [-0.05, 0) is 72.8 Å². The zero-order valence-corrected chi connectivity index (χ0v) is 14.4. The molecule has 6 heteroatoms. The van der Waals surface area contributed by atoms with Gasteiger partial charge in [-0.15, -0.1) is 0 Å². The van der Waals surface area contributed by atoms with E-state index in [1.807, 2.05) is 0 Å². The molecular formula is C21H16O6. The SMILES string of the molecule is COc1ccc(OC(=O)c2ccc(C(=O)Oc3ccc(O)cc3)cc2)cc1. The Morgan fingerprint density at radius 3 is 1.41 bits per heavy atom. The van der Waals surface area contributed by atoms with Gasteiger partial charge in [0.25, 0.3) is 0 Å². The number of hydrogen-bond donors (Lipinski definition) is 1. The predicted octanol–water partition coefficient (Wildman–Crippen LogP) is 3.84. The summed E-state index contributed by atoms with van der Waals surface area (Å²) in [7, 11) is 1.55. The molecule has 1 N–H and O–H groups in total. The van der Waals surface area contributed by atoms with E-state index in [-0.39, 0.29) is 11.3 Å². The zero-order valence-electron chi connectivity index (χ0n) is 14.4. The summed E-state index contributed by atoms with van der Waals surface area (Å²) in [5.41, 5.74) is 0.580. The number of phenolic OH excluding ortho intramolecular Hbond substituents is 1. The summed E-state index contributed by atoms with van der Waals surface area (Å²) in [6.07, 6.45) is 0. The van der Waals surface area contributed by atoms with E-state index in [1.165, 1.54) is 48.5 Å². The minimum Gasteiger partial charge on any atom is -0.508 e. The third-order valence-electron chi connectivity index (χ3n) is 3.67. The van der Waals surface area contributed by atoms with Crippen molar-refractivity contribution in [1.29, 1.82) is 0 Å². The smallest absolute Gasteiger partial charge is 0.343 e. The first-order chi connectivity index (χ1) is 13.0. The average molecular weight is 364 g/mol. The molecule has 0 bridgehead atoms. The van der Waals surface area contributed by atoms with Crippen molar-refractivity contribution in [2.45, 2.75) is 0 Å². The number of carbonyl (C=O) groups excluding carboxylic acids is 2. The van der Waals surface area contributed by atoms with E-state index >= 15 is 0 Å². The summed E-state index contributed by atoms with van der Waals surface area (Å²) in [6, 6.07) is 18.3. The second-order valence-corrected chi connectivity index (χ2v) is 5.53. The monoisotopic (exact) mass is 364 g/mol. The van der Waals surface area contributed by atoms with Gasteiger partial charge in [0.15, 0.2) is 0 Å². The molecule has 27 heavy (non-hydrogen) atoms. The van der Waals surface area contributed by atoms with Crippen molar-refractivity contribution in [2.24, 2.45) is 0 Å². The Morgan fingerprint density at radius 2 is 1.00 bits per heavy atom. The van der Waals surface area contributed by atoms with Gasteiger partial charge in [0.1, 0.15) is 23.0 Å². The van der Waals surface area contributed by atoms with Gasteiger partial charge in [0.05, 0.1) is 18.2 Å². The second-order valence-electron chi connectivity index (χ2n) is 5.53. The minimum atomic E-state index is -0.573. The fraction of sp³-hybridized carbons (Fsp3) is 0.0476. The van der Waals surface area contributed by atoms with Crippen LogP contribution in [0.3, 0.4) is 0 Å². The molecule has 0 unspecified atom stereocenters. The Morgan fingerprint density at radius 1 is 0.630 bits per heavy atom. The molecule has 0 spiro atoms. The number of methoxy groups -OCH3 is 1. The van der Waals surface area contributed by atoms with Crippen LogP contribution >= 0.6 is 0 Å². The number of esters is 2. The van der Waals surface area contributed by atoms with Crippen molar-refractivity contribution < 1.29 is 28.9 Å². The topological polar surface area (TPSA) is 82.1 Å². The van der Waals surface area contributed by atoms with Crippen LogP contribution in [-0.4, -0.2) is 24.2 Å². The molecule has 3 rings (SSSR count). The molecule has 0 atom stereocenters. The van der Waals surface area contributed by atoms with Crippen LogP contribution < -0.4 is 14.2 Å². The maximum atomic E-state index is 12.2. The third kappa shape index (κ3) is 4.64. The van der Waals surface area contributed by atoms with Crippen LogP contribution in [0.1, 0.15) is 20.7 Å². The summed E-state index contributed by atoms with van der Waals surface area (Å²) in [4.78, 5) is 24.3. The molecule has 3 aromatic carbocycles. The number of ether oxygens (including phenoxy) is 3. The van der Waals surface area contributed by atoms with E-state index in [1.54, 1.807) is 31.4 Å². The molecule has 0 aliphatic carbocycles. The van der Waals surface area contributed by atoms with Gasteiger partial charge in [-0.25, -0.2) is 9.59 Å². The van der Waals surface area contributed by atoms with Crippen LogP contribution in [0.15, 0.2) is 72.8 Å². The standard InChI is InChI=1S/C21H16O6/c1-25-17-10-12-19(13-11-17)27-21(24)15-4-2-14(3-5-15)20(23)26-18-8-6-16(22)7-9-18/h2-13,22H,1H3. The molecule has 0 aliphatic rings. The van der Waals surface area contributed by atoms with E-state index in [0.29, 0.717) is 22.8 Å². The Balaban J connectivity index is 1.63. The van der Waals surface area contributed by atoms with Gasteiger partial charge in [-0.3, -0.25) is 0 Å². The van der Waals surface area contributed by atoms with Crippen molar-refractivity contribution in [3.05, 3.63) is 83.9 Å². The molecule has 6 nitrogen and oxygen atoms in total. The van der Waals surface area contributed by atoms with Gasteiger partial charge < -0.3 is 19.3 Å². The minimum absolute atomic E-state index is 0.0783. The molecule has 0 aliphatic heterocycles. The summed E-state index contributed by atoms with van der Waals surface area (Å²) < 4.78 is 15.5. The van der Waals surface area contributed by atoms with Gasteiger partial charge in [-0.2, -0.15) is 0 Å². The summed E-state index contributed by atoms with van der Waals surface area (Å²) in [5.74, 6) is 0.313. The van der Waals surface area contributed by atoms with Crippen molar-refractivity contribution in [3.63, 3.8) is 0 Å². The number of carbonyl (C=O) groups is 2. The van der Waals surface area contributed by atoms with Gasteiger partial charge in [0.2, 0.25) is 0 Å². The van der Waals surface area contributed by atoms with E-state index in [4.69, 9.17) is 14.2 Å². The van der Waals surface area contributed by atoms with E-state index < -0.39 is 11.9 Å². The first kappa shape index (κ1) is 18.0. The maximum absolute atomic E-state index is 12.2. The van der Waals surface area contributed by atoms with Crippen LogP contribution in [-0.2, 0) is 0 Å². The second kappa shape index (κ2) is 8.05. The van der Waals surface area contributed by atoms with E-state index in [9.17, 15) is 14.7 Å². The van der Waals surface area contributed by atoms with E-state index in [0.717, 1.165) is 0 Å². The lowest BCUT2D eigenvalue weighted by molar-refractivity contribution is 0.0720. The van der Waals surface area contributed by atoms with E-state index in [2.05, 4.69) is 0 Å². The highest BCUT2D eigenvalue weighted by Gasteiger charge is 2.12. The molecule has 0 saturated heterocycles. The quantitative estimate of drug-likeness (QED) is 0.547. The molecule has 0 saturated carbocycles. The lowest BCUT2D eigenvalue weighted by Gasteiger charge is -2.07. The lowest BCUT2D eigenvalue weighted by atomic mass is 10.1. The predicted molar refractivity (Wildman–Crippen MR) is 97.5 cm³/mol. The first-order valence-electron chi connectivity index (χ1n) is 8.02. The van der Waals surface area contributed by atoms with Crippen molar-refractivity contribution in [2.75, 3.05) is 7.11 Å². The Labute approximate surface area is 155 Å². The average Bonchev–Trinajstić information content (AvgIpc) is 2.70. The Kier molecular flexibility index (Phi) is 5.37. The Hall–Kier alpha value is -3.80. The van der Waals surface area contributed by atoms with Crippen molar-refractivity contribution >= 4 is 11.9 Å². The third-order valence-corrected chi connectivity index (χ3v) is 3.67. The summed E-state index contributed by atoms with van der Waals surface area (Å²) >= 11 is 0. The molecule has 0 heterocycles. The summed E-state index contributed by atoms with van der Waals surface area (Å²) in [5, 5.41) is 9.23. The van der Waals surface area contributed by atoms with Gasteiger partial charge in [0, 0.05) is 0 Å². The zero-order chi connectivity index (χ0) is 19.2. The fourth-order valence-corrected chi connectivity index (χ4v) is 2.23.